The Bertz CT molecular complexity index is 1290. The van der Waals surface area contributed by atoms with E-state index in [1.807, 2.05) is 12.1 Å². The van der Waals surface area contributed by atoms with Gasteiger partial charge in [-0.3, -0.25) is 9.79 Å². The van der Waals surface area contributed by atoms with Crippen molar-refractivity contribution in [1.82, 2.24) is 14.5 Å². The van der Waals surface area contributed by atoms with E-state index in [0.717, 1.165) is 47.8 Å². The number of rotatable bonds is 10. The molecule has 1 aromatic carbocycles. The highest BCUT2D eigenvalue weighted by atomic mass is 79.9. The van der Waals surface area contributed by atoms with E-state index in [1.54, 1.807) is 18.0 Å². The molecule has 216 valence electrons. The second kappa shape index (κ2) is 14.4. The van der Waals surface area contributed by atoms with Crippen molar-refractivity contribution in [2.24, 2.45) is 4.99 Å². The number of nitrogens with one attached hydrogen (secondary N) is 1. The zero-order valence-corrected chi connectivity index (χ0v) is 24.9. The van der Waals surface area contributed by atoms with Crippen LogP contribution in [0.4, 0.5) is 13.2 Å². The average Bonchev–Trinajstić information content (AvgIpc) is 3.52. The van der Waals surface area contributed by atoms with Gasteiger partial charge < -0.3 is 15.3 Å². The van der Waals surface area contributed by atoms with Crippen molar-refractivity contribution in [2.45, 2.75) is 29.6 Å². The van der Waals surface area contributed by atoms with E-state index in [1.165, 1.54) is 11.4 Å². The lowest BCUT2D eigenvalue weighted by Gasteiger charge is -2.19. The number of amides is 1. The average molecular weight is 676 g/mol. The summed E-state index contributed by atoms with van der Waals surface area (Å²) in [5, 5.41) is 10.4. The third-order valence-electron chi connectivity index (χ3n) is 5.44. The van der Waals surface area contributed by atoms with Crippen LogP contribution >= 0.6 is 38.9 Å². The van der Waals surface area contributed by atoms with Gasteiger partial charge in [0.05, 0.1) is 15.4 Å². The van der Waals surface area contributed by atoms with E-state index in [4.69, 9.17) is 21.5 Å². The summed E-state index contributed by atoms with van der Waals surface area (Å²) in [6, 6.07) is 9.78. The first-order chi connectivity index (χ1) is 18.1. The van der Waals surface area contributed by atoms with E-state index >= 15 is 0 Å². The third-order valence-corrected chi connectivity index (χ3v) is 10.2. The van der Waals surface area contributed by atoms with Crippen molar-refractivity contribution in [3.8, 4) is 0 Å². The van der Waals surface area contributed by atoms with Crippen LogP contribution in [-0.2, 0) is 26.0 Å². The molecule has 9 nitrogen and oxygen atoms in total. The number of benzene rings is 1. The fourth-order valence-electron chi connectivity index (χ4n) is 3.25. The molecule has 1 aliphatic rings. The van der Waals surface area contributed by atoms with Gasteiger partial charge in [-0.1, -0.05) is 35.9 Å². The molecule has 0 aliphatic carbocycles. The minimum atomic E-state index is -5.08. The Morgan fingerprint density at radius 2 is 1.82 bits per heavy atom. The highest BCUT2D eigenvalue weighted by molar-refractivity contribution is 9.10. The molecular formula is C23H27BrClF3N4O5S2. The van der Waals surface area contributed by atoms with Crippen molar-refractivity contribution in [2.75, 3.05) is 40.3 Å². The topological polar surface area (TPSA) is 119 Å². The molecule has 1 aliphatic heterocycles. The molecule has 0 saturated heterocycles. The number of likely N-dealkylation sites (N-methyl/N-ethyl adjacent to an activating group) is 1. The monoisotopic (exact) mass is 674 g/mol. The zero-order valence-electron chi connectivity index (χ0n) is 21.0. The number of nitrogens with zero attached hydrogens (tertiary/aromatic N) is 3. The highest BCUT2D eigenvalue weighted by Crippen LogP contribution is 2.36. The molecule has 0 saturated carbocycles. The number of carbonyl (C=O) groups excluding carboxylic acids is 1. The Hall–Kier alpha value is -2.20. The molecule has 1 aromatic heterocycles. The van der Waals surface area contributed by atoms with Crippen molar-refractivity contribution < 1.29 is 36.3 Å². The zero-order chi connectivity index (χ0) is 29.4. The Kier molecular flexibility index (Phi) is 12.2. The number of carbonyl (C=O) groups is 2. The maximum atomic E-state index is 12.7. The van der Waals surface area contributed by atoms with E-state index < -0.39 is 22.2 Å². The van der Waals surface area contributed by atoms with E-state index in [-0.39, 0.29) is 23.1 Å². The Morgan fingerprint density at radius 1 is 1.21 bits per heavy atom. The van der Waals surface area contributed by atoms with Gasteiger partial charge in [-0.05, 0) is 40.4 Å². The molecule has 3 rings (SSSR count). The fraction of sp³-hybridized carbons (Fsp3) is 0.435. The fourth-order valence-corrected chi connectivity index (χ4v) is 7.64. The Morgan fingerprint density at radius 3 is 2.31 bits per heavy atom. The van der Waals surface area contributed by atoms with Gasteiger partial charge in [-0.2, -0.15) is 13.2 Å². The van der Waals surface area contributed by atoms with Gasteiger partial charge in [0.2, 0.25) is 5.91 Å². The summed E-state index contributed by atoms with van der Waals surface area (Å²) in [6.45, 7) is 2.55. The van der Waals surface area contributed by atoms with Crippen LogP contribution in [0.2, 0.25) is 4.34 Å². The van der Waals surface area contributed by atoms with Crippen molar-refractivity contribution in [3.05, 3.63) is 50.3 Å². The van der Waals surface area contributed by atoms with Gasteiger partial charge in [0.25, 0.3) is 10.0 Å². The largest absolute Gasteiger partial charge is 0.490 e. The van der Waals surface area contributed by atoms with Gasteiger partial charge in [0.15, 0.2) is 4.21 Å². The quantitative estimate of drug-likeness (QED) is 0.389. The molecule has 0 fully saturated rings. The second-order valence-corrected chi connectivity index (χ2v) is 13.1. The van der Waals surface area contributed by atoms with E-state index in [0.29, 0.717) is 21.8 Å². The molecule has 2 N–H and O–H groups in total. The number of aliphatic imine (C=N–C) groups is 1. The van der Waals surface area contributed by atoms with Crippen LogP contribution in [0.3, 0.4) is 0 Å². The number of hydrogen-bond donors (Lipinski definition) is 2. The second-order valence-electron chi connectivity index (χ2n) is 8.34. The number of thiophene rings is 1. The lowest BCUT2D eigenvalue weighted by molar-refractivity contribution is -0.192. The summed E-state index contributed by atoms with van der Waals surface area (Å²) in [6.07, 6.45) is -3.60. The van der Waals surface area contributed by atoms with Crippen LogP contribution in [0.5, 0.6) is 0 Å². The SMILES string of the molecule is CN(CCc1ccc(C2=NCCN2)cc1)C(=O)CCCN(C)S(=O)(=O)c1sc(Cl)cc1Br.O=C(O)C(F)(F)F. The number of aliphatic carboxylic acids is 1. The predicted molar refractivity (Wildman–Crippen MR) is 147 cm³/mol. The van der Waals surface area contributed by atoms with Crippen LogP contribution in [0.25, 0.3) is 0 Å². The molecule has 0 bridgehead atoms. The number of halogens is 5. The van der Waals surface area contributed by atoms with Crippen molar-refractivity contribution in [1.29, 1.82) is 0 Å². The normalized spacial score (nSPS) is 13.4. The molecular weight excluding hydrogens is 649 g/mol. The van der Waals surface area contributed by atoms with Gasteiger partial charge >= 0.3 is 12.1 Å². The first-order valence-electron chi connectivity index (χ1n) is 11.5. The highest BCUT2D eigenvalue weighted by Gasteiger charge is 2.38. The standard InChI is InChI=1S/C21H26BrClN4O3S2.C2HF3O2/c1-26(13-9-15-5-7-16(8-6-15)20-24-10-11-25-20)19(28)4-3-12-27(2)32(29,30)21-17(22)14-18(23)31-21;3-2(4,5)1(6)7/h5-8,14H,3-4,9-13H2,1-2H3,(H,24,25);(H,6,7). The molecule has 2 aromatic rings. The third kappa shape index (κ3) is 10.0. The first kappa shape index (κ1) is 33.0. The minimum absolute atomic E-state index is 0.00252. The summed E-state index contributed by atoms with van der Waals surface area (Å²) in [5.41, 5.74) is 2.23. The number of alkyl halides is 3. The number of sulfonamides is 1. The van der Waals surface area contributed by atoms with Crippen LogP contribution in [0.1, 0.15) is 24.0 Å². The van der Waals surface area contributed by atoms with Gasteiger partial charge in [0.1, 0.15) is 5.84 Å². The van der Waals surface area contributed by atoms with E-state index in [9.17, 15) is 26.4 Å². The van der Waals surface area contributed by atoms with Gasteiger partial charge in [-0.15, -0.1) is 11.3 Å². The Balaban J connectivity index is 0.000000673. The smallest absolute Gasteiger partial charge is 0.475 e. The van der Waals surface area contributed by atoms with Crippen LogP contribution < -0.4 is 5.32 Å². The number of amidine groups is 1. The molecule has 1 amide bonds. The summed E-state index contributed by atoms with van der Waals surface area (Å²) in [4.78, 5) is 27.5. The minimum Gasteiger partial charge on any atom is -0.475 e. The maximum Gasteiger partial charge on any atom is 0.490 e. The number of hydrogen-bond acceptors (Lipinski definition) is 7. The molecule has 39 heavy (non-hydrogen) atoms. The van der Waals surface area contributed by atoms with Gasteiger partial charge in [-0.25, -0.2) is 17.5 Å². The summed E-state index contributed by atoms with van der Waals surface area (Å²) in [7, 11) is -0.350. The molecule has 0 radical (unpaired) electrons. The summed E-state index contributed by atoms with van der Waals surface area (Å²) >= 11 is 10.2. The van der Waals surface area contributed by atoms with Crippen molar-refractivity contribution >= 4 is 66.6 Å². The predicted octanol–water partition coefficient (Wildman–Crippen LogP) is 4.25. The molecule has 0 unspecified atom stereocenters. The van der Waals surface area contributed by atoms with Crippen LogP contribution in [0.15, 0.2) is 44.0 Å². The lowest BCUT2D eigenvalue weighted by atomic mass is 10.1. The lowest BCUT2D eigenvalue weighted by Crippen LogP contribution is -2.31. The summed E-state index contributed by atoms with van der Waals surface area (Å²) < 4.78 is 59.4. The van der Waals surface area contributed by atoms with Crippen LogP contribution in [-0.4, -0.2) is 86.9 Å². The van der Waals surface area contributed by atoms with Gasteiger partial charge in [0, 0.05) is 45.7 Å². The number of carboxylic acid groups (broad SMARTS) is 1. The number of carboxylic acids is 1. The molecule has 0 spiro atoms. The summed E-state index contributed by atoms with van der Waals surface area (Å²) in [5.74, 6) is -1.82. The van der Waals surface area contributed by atoms with E-state index in [2.05, 4.69) is 38.4 Å². The molecule has 0 atom stereocenters. The maximum absolute atomic E-state index is 12.7. The first-order valence-corrected chi connectivity index (χ1v) is 14.9. The molecule has 16 heteroatoms. The van der Waals surface area contributed by atoms with Crippen molar-refractivity contribution in [3.63, 3.8) is 0 Å². The van der Waals surface area contributed by atoms with Crippen LogP contribution in [0, 0.1) is 0 Å². The Labute approximate surface area is 241 Å². The molecule has 2 heterocycles.